The van der Waals surface area contributed by atoms with Gasteiger partial charge in [0.15, 0.2) is 5.78 Å². The average Bonchev–Trinajstić information content (AvgIpc) is 3.06. The third-order valence-corrected chi connectivity index (χ3v) is 5.88. The van der Waals surface area contributed by atoms with E-state index in [-0.39, 0.29) is 29.6 Å². The Morgan fingerprint density at radius 1 is 1.29 bits per heavy atom. The molecule has 1 heterocycles. The first kappa shape index (κ1) is 21.8. The zero-order chi connectivity index (χ0) is 20.7. The molecule has 28 heavy (non-hydrogen) atoms. The number of hydrogen-bond acceptors (Lipinski definition) is 5. The van der Waals surface area contributed by atoms with Crippen LogP contribution in [-0.2, 0) is 21.4 Å². The molecule has 0 spiro atoms. The molecule has 2 rings (SSSR count). The molecule has 1 aromatic carbocycles. The van der Waals surface area contributed by atoms with Gasteiger partial charge >= 0.3 is 0 Å². The van der Waals surface area contributed by atoms with Crippen LogP contribution in [-0.4, -0.2) is 54.7 Å². The van der Waals surface area contributed by atoms with Gasteiger partial charge in [0.2, 0.25) is 15.9 Å². The maximum Gasteiger partial charge on any atom is 0.240 e. The van der Waals surface area contributed by atoms with Gasteiger partial charge in [-0.2, -0.15) is 0 Å². The standard InChI is InChI=1S/C19H26N4O4S/c1-15(24)17-6-4-7-18(14-17)28(26,27)21-9-8-19(25)22(3)11-5-12-23-13-10-20-16(23)2/h4,6-7,10,13-14,21H,5,8-9,11-12H2,1-3H3. The molecular formula is C19H26N4O4S. The molecule has 0 radical (unpaired) electrons. The van der Waals surface area contributed by atoms with E-state index in [0.29, 0.717) is 12.1 Å². The summed E-state index contributed by atoms with van der Waals surface area (Å²) in [7, 11) is -2.07. The van der Waals surface area contributed by atoms with Crippen molar-refractivity contribution in [1.29, 1.82) is 0 Å². The summed E-state index contributed by atoms with van der Waals surface area (Å²) in [6, 6.07) is 5.83. The predicted molar refractivity (Wildman–Crippen MR) is 105 cm³/mol. The first-order valence-electron chi connectivity index (χ1n) is 9.03. The Morgan fingerprint density at radius 3 is 2.68 bits per heavy atom. The summed E-state index contributed by atoms with van der Waals surface area (Å²) in [6.45, 7) is 4.64. The van der Waals surface area contributed by atoms with Gasteiger partial charge in [-0.05, 0) is 32.4 Å². The summed E-state index contributed by atoms with van der Waals surface area (Å²) in [5.41, 5.74) is 0.326. The molecule has 1 amide bonds. The SMILES string of the molecule is CC(=O)c1cccc(S(=O)(=O)NCCC(=O)N(C)CCCn2ccnc2C)c1. The van der Waals surface area contributed by atoms with E-state index < -0.39 is 10.0 Å². The van der Waals surface area contributed by atoms with Crippen LogP contribution < -0.4 is 4.72 Å². The first-order valence-corrected chi connectivity index (χ1v) is 10.5. The second kappa shape index (κ2) is 9.61. The quantitative estimate of drug-likeness (QED) is 0.604. The summed E-state index contributed by atoms with van der Waals surface area (Å²) < 4.78 is 29.1. The topological polar surface area (TPSA) is 101 Å². The summed E-state index contributed by atoms with van der Waals surface area (Å²) in [5, 5.41) is 0. The molecule has 152 valence electrons. The van der Waals surface area contributed by atoms with Gasteiger partial charge in [-0.1, -0.05) is 12.1 Å². The second-order valence-corrected chi connectivity index (χ2v) is 8.34. The lowest BCUT2D eigenvalue weighted by Crippen LogP contribution is -2.33. The number of nitrogens with zero attached hydrogens (tertiary/aromatic N) is 3. The molecule has 0 unspecified atom stereocenters. The van der Waals surface area contributed by atoms with Gasteiger partial charge in [-0.3, -0.25) is 9.59 Å². The highest BCUT2D eigenvalue weighted by molar-refractivity contribution is 7.89. The van der Waals surface area contributed by atoms with E-state index in [0.717, 1.165) is 18.8 Å². The van der Waals surface area contributed by atoms with Crippen LogP contribution in [0.5, 0.6) is 0 Å². The van der Waals surface area contributed by atoms with Crippen LogP contribution in [0.3, 0.4) is 0 Å². The van der Waals surface area contributed by atoms with Crippen molar-refractivity contribution in [3.8, 4) is 0 Å². The molecule has 0 atom stereocenters. The van der Waals surface area contributed by atoms with Crippen molar-refractivity contribution in [2.45, 2.75) is 38.1 Å². The van der Waals surface area contributed by atoms with Crippen molar-refractivity contribution < 1.29 is 18.0 Å². The number of imidazole rings is 1. The highest BCUT2D eigenvalue weighted by Crippen LogP contribution is 2.12. The van der Waals surface area contributed by atoms with Crippen molar-refractivity contribution in [2.24, 2.45) is 0 Å². The Hall–Kier alpha value is -2.52. The Morgan fingerprint density at radius 2 is 2.04 bits per heavy atom. The monoisotopic (exact) mass is 406 g/mol. The highest BCUT2D eigenvalue weighted by atomic mass is 32.2. The van der Waals surface area contributed by atoms with Crippen molar-refractivity contribution >= 4 is 21.7 Å². The number of carbonyl (C=O) groups is 2. The largest absolute Gasteiger partial charge is 0.346 e. The third-order valence-electron chi connectivity index (χ3n) is 4.42. The molecule has 1 aromatic heterocycles. The summed E-state index contributed by atoms with van der Waals surface area (Å²) in [6.07, 6.45) is 4.48. The van der Waals surface area contributed by atoms with Crippen LogP contribution in [0.25, 0.3) is 0 Å². The normalized spacial score (nSPS) is 11.4. The maximum atomic E-state index is 12.3. The van der Waals surface area contributed by atoms with Crippen LogP contribution in [0.15, 0.2) is 41.6 Å². The molecule has 8 nitrogen and oxygen atoms in total. The number of rotatable bonds is 10. The number of carbonyl (C=O) groups excluding carboxylic acids is 2. The lowest BCUT2D eigenvalue weighted by Gasteiger charge is -2.17. The molecule has 2 aromatic rings. The van der Waals surface area contributed by atoms with Gasteiger partial charge in [0, 0.05) is 51.1 Å². The molecule has 0 bridgehead atoms. The summed E-state index contributed by atoms with van der Waals surface area (Å²) >= 11 is 0. The van der Waals surface area contributed by atoms with Crippen LogP contribution in [0, 0.1) is 6.92 Å². The number of nitrogens with one attached hydrogen (secondary N) is 1. The van der Waals surface area contributed by atoms with E-state index in [1.54, 1.807) is 24.2 Å². The molecule has 9 heteroatoms. The zero-order valence-corrected chi connectivity index (χ0v) is 17.2. The van der Waals surface area contributed by atoms with E-state index in [1.165, 1.54) is 25.1 Å². The van der Waals surface area contributed by atoms with Crippen molar-refractivity contribution in [1.82, 2.24) is 19.2 Å². The van der Waals surface area contributed by atoms with Crippen molar-refractivity contribution in [3.05, 3.63) is 48.0 Å². The number of benzene rings is 1. The van der Waals surface area contributed by atoms with E-state index >= 15 is 0 Å². The first-order chi connectivity index (χ1) is 13.2. The molecule has 0 saturated carbocycles. The fourth-order valence-electron chi connectivity index (χ4n) is 2.69. The second-order valence-electron chi connectivity index (χ2n) is 6.57. The number of ketones is 1. The van der Waals surface area contributed by atoms with Crippen molar-refractivity contribution in [2.75, 3.05) is 20.1 Å². The number of amides is 1. The molecule has 1 N–H and O–H groups in total. The van der Waals surface area contributed by atoms with Gasteiger partial charge in [-0.15, -0.1) is 0 Å². The van der Waals surface area contributed by atoms with Gasteiger partial charge < -0.3 is 9.47 Å². The van der Waals surface area contributed by atoms with Gasteiger partial charge in [-0.25, -0.2) is 18.1 Å². The fraction of sp³-hybridized carbons (Fsp3) is 0.421. The predicted octanol–water partition coefficient (Wildman–Crippen LogP) is 1.61. The van der Waals surface area contributed by atoms with E-state index in [2.05, 4.69) is 9.71 Å². The maximum absolute atomic E-state index is 12.3. The van der Waals surface area contributed by atoms with Gasteiger partial charge in [0.25, 0.3) is 0 Å². The Labute approximate surface area is 165 Å². The Kier molecular flexibility index (Phi) is 7.47. The molecule has 0 aliphatic heterocycles. The van der Waals surface area contributed by atoms with E-state index in [9.17, 15) is 18.0 Å². The van der Waals surface area contributed by atoms with Crippen molar-refractivity contribution in [3.63, 3.8) is 0 Å². The van der Waals surface area contributed by atoms with Gasteiger partial charge in [0.1, 0.15) is 5.82 Å². The average molecular weight is 407 g/mol. The Bertz CT molecular complexity index is 937. The lowest BCUT2D eigenvalue weighted by molar-refractivity contribution is -0.129. The molecule has 0 saturated heterocycles. The Balaban J connectivity index is 1.79. The van der Waals surface area contributed by atoms with Crippen LogP contribution >= 0.6 is 0 Å². The minimum atomic E-state index is -3.77. The minimum Gasteiger partial charge on any atom is -0.346 e. The van der Waals surface area contributed by atoms with Gasteiger partial charge in [0.05, 0.1) is 4.90 Å². The van der Waals surface area contributed by atoms with Crippen LogP contribution in [0.2, 0.25) is 0 Å². The number of hydrogen-bond donors (Lipinski definition) is 1. The van der Waals surface area contributed by atoms with E-state index in [1.807, 2.05) is 17.7 Å². The number of Topliss-reactive ketones (excluding diaryl/α,β-unsaturated/α-hetero) is 1. The smallest absolute Gasteiger partial charge is 0.240 e. The van der Waals surface area contributed by atoms with Crippen LogP contribution in [0.4, 0.5) is 0 Å². The number of aromatic nitrogens is 2. The molecule has 0 fully saturated rings. The minimum absolute atomic E-state index is 0.00354. The molecule has 0 aliphatic rings. The molecular weight excluding hydrogens is 380 g/mol. The highest BCUT2D eigenvalue weighted by Gasteiger charge is 2.16. The lowest BCUT2D eigenvalue weighted by atomic mass is 10.2. The number of aryl methyl sites for hydroxylation is 2. The fourth-order valence-corrected chi connectivity index (χ4v) is 3.77. The molecule has 0 aliphatic carbocycles. The third kappa shape index (κ3) is 6.00. The zero-order valence-electron chi connectivity index (χ0n) is 16.4. The van der Waals surface area contributed by atoms with E-state index in [4.69, 9.17) is 0 Å². The van der Waals surface area contributed by atoms with Crippen LogP contribution in [0.1, 0.15) is 35.9 Å². The number of sulfonamides is 1. The summed E-state index contributed by atoms with van der Waals surface area (Å²) in [4.78, 5) is 29.4. The summed E-state index contributed by atoms with van der Waals surface area (Å²) in [5.74, 6) is 0.583.